The van der Waals surface area contributed by atoms with E-state index in [2.05, 4.69) is 4.98 Å². The van der Waals surface area contributed by atoms with Crippen molar-refractivity contribution in [1.29, 1.82) is 0 Å². The highest BCUT2D eigenvalue weighted by Crippen LogP contribution is 2.33. The monoisotopic (exact) mass is 248 g/mol. The Morgan fingerprint density at radius 2 is 2.12 bits per heavy atom. The van der Waals surface area contributed by atoms with E-state index in [4.69, 9.17) is 5.73 Å². The minimum Gasteiger partial charge on any atom is -0.329 e. The molecular formula is C13H13FN2S. The Morgan fingerprint density at radius 3 is 2.76 bits per heavy atom. The molecule has 0 saturated carbocycles. The van der Waals surface area contributed by atoms with Crippen LogP contribution in [0, 0.1) is 5.82 Å². The SMILES string of the molecule is NCC(Sc1cccc(F)c1)c1ccccn1. The van der Waals surface area contributed by atoms with Crippen molar-refractivity contribution in [2.45, 2.75) is 10.1 Å². The molecule has 1 aromatic carbocycles. The molecular weight excluding hydrogens is 235 g/mol. The van der Waals surface area contributed by atoms with Gasteiger partial charge in [0.2, 0.25) is 0 Å². The Morgan fingerprint density at radius 1 is 1.24 bits per heavy atom. The van der Waals surface area contributed by atoms with Gasteiger partial charge >= 0.3 is 0 Å². The number of hydrogen-bond donors (Lipinski definition) is 1. The molecule has 0 spiro atoms. The number of nitrogens with two attached hydrogens (primary N) is 1. The molecule has 2 nitrogen and oxygen atoms in total. The summed E-state index contributed by atoms with van der Waals surface area (Å²) in [7, 11) is 0. The van der Waals surface area contributed by atoms with Crippen LogP contribution >= 0.6 is 11.8 Å². The molecule has 0 fully saturated rings. The van der Waals surface area contributed by atoms with Gasteiger partial charge in [-0.05, 0) is 30.3 Å². The predicted molar refractivity (Wildman–Crippen MR) is 68.3 cm³/mol. The van der Waals surface area contributed by atoms with Crippen molar-refractivity contribution >= 4 is 11.8 Å². The summed E-state index contributed by atoms with van der Waals surface area (Å²) in [6.07, 6.45) is 1.74. The minimum absolute atomic E-state index is 0.0537. The smallest absolute Gasteiger partial charge is 0.124 e. The zero-order chi connectivity index (χ0) is 12.1. The molecule has 4 heteroatoms. The topological polar surface area (TPSA) is 38.9 Å². The Kier molecular flexibility index (Phi) is 4.12. The highest BCUT2D eigenvalue weighted by atomic mass is 32.2. The van der Waals surface area contributed by atoms with E-state index >= 15 is 0 Å². The third-order valence-corrected chi connectivity index (χ3v) is 3.55. The summed E-state index contributed by atoms with van der Waals surface area (Å²) >= 11 is 1.53. The van der Waals surface area contributed by atoms with Crippen LogP contribution in [0.4, 0.5) is 4.39 Å². The van der Waals surface area contributed by atoms with Gasteiger partial charge in [-0.1, -0.05) is 12.1 Å². The molecule has 0 aliphatic carbocycles. The molecule has 0 bridgehead atoms. The number of benzene rings is 1. The molecule has 1 aromatic heterocycles. The predicted octanol–water partition coefficient (Wildman–Crippen LogP) is 3.01. The molecule has 0 amide bonds. The largest absolute Gasteiger partial charge is 0.329 e. The second-order valence-corrected chi connectivity index (χ2v) is 4.83. The van der Waals surface area contributed by atoms with Crippen LogP contribution in [0.5, 0.6) is 0 Å². The van der Waals surface area contributed by atoms with Crippen LogP contribution in [0.2, 0.25) is 0 Å². The maximum Gasteiger partial charge on any atom is 0.124 e. The highest BCUT2D eigenvalue weighted by molar-refractivity contribution is 7.99. The maximum atomic E-state index is 13.1. The lowest BCUT2D eigenvalue weighted by molar-refractivity contribution is 0.624. The van der Waals surface area contributed by atoms with Gasteiger partial charge in [0.1, 0.15) is 5.82 Å². The maximum absolute atomic E-state index is 13.1. The average molecular weight is 248 g/mol. The molecule has 1 heterocycles. The number of thioether (sulfide) groups is 1. The van der Waals surface area contributed by atoms with Crippen LogP contribution in [0.1, 0.15) is 10.9 Å². The average Bonchev–Trinajstić information content (AvgIpc) is 2.37. The molecule has 0 aliphatic rings. The van der Waals surface area contributed by atoms with E-state index in [1.54, 1.807) is 12.3 Å². The summed E-state index contributed by atoms with van der Waals surface area (Å²) in [4.78, 5) is 5.14. The number of hydrogen-bond acceptors (Lipinski definition) is 3. The molecule has 2 aromatic rings. The van der Waals surface area contributed by atoms with E-state index in [1.165, 1.54) is 23.9 Å². The molecule has 17 heavy (non-hydrogen) atoms. The first-order valence-electron chi connectivity index (χ1n) is 5.33. The zero-order valence-electron chi connectivity index (χ0n) is 9.21. The van der Waals surface area contributed by atoms with Crippen LogP contribution in [-0.2, 0) is 0 Å². The standard InChI is InChI=1S/C13H13FN2S/c14-10-4-3-5-11(8-10)17-13(9-15)12-6-1-2-7-16-12/h1-8,13H,9,15H2. The van der Waals surface area contributed by atoms with Crippen molar-refractivity contribution in [3.63, 3.8) is 0 Å². The van der Waals surface area contributed by atoms with E-state index in [9.17, 15) is 4.39 Å². The lowest BCUT2D eigenvalue weighted by Crippen LogP contribution is -2.10. The number of pyridine rings is 1. The van der Waals surface area contributed by atoms with E-state index < -0.39 is 0 Å². The summed E-state index contributed by atoms with van der Waals surface area (Å²) in [5.74, 6) is -0.230. The summed E-state index contributed by atoms with van der Waals surface area (Å²) in [6.45, 7) is 0.470. The summed E-state index contributed by atoms with van der Waals surface area (Å²) in [6, 6.07) is 12.2. The molecule has 0 radical (unpaired) electrons. The zero-order valence-corrected chi connectivity index (χ0v) is 10.0. The van der Waals surface area contributed by atoms with E-state index in [1.807, 2.05) is 24.3 Å². The van der Waals surface area contributed by atoms with Gasteiger partial charge in [0, 0.05) is 17.6 Å². The third kappa shape index (κ3) is 3.28. The van der Waals surface area contributed by atoms with Crippen molar-refractivity contribution in [1.82, 2.24) is 4.98 Å². The van der Waals surface area contributed by atoms with Gasteiger partial charge in [0.15, 0.2) is 0 Å². The first-order chi connectivity index (χ1) is 8.29. The normalized spacial score (nSPS) is 12.4. The van der Waals surface area contributed by atoms with Crippen molar-refractivity contribution < 1.29 is 4.39 Å². The highest BCUT2D eigenvalue weighted by Gasteiger charge is 2.12. The van der Waals surface area contributed by atoms with Gasteiger partial charge in [0.05, 0.1) is 10.9 Å². The van der Waals surface area contributed by atoms with E-state index in [0.717, 1.165) is 10.6 Å². The first-order valence-corrected chi connectivity index (χ1v) is 6.21. The lowest BCUT2D eigenvalue weighted by Gasteiger charge is -2.13. The van der Waals surface area contributed by atoms with Gasteiger partial charge in [-0.25, -0.2) is 4.39 Å². The Bertz CT molecular complexity index is 476. The Balaban J connectivity index is 2.16. The van der Waals surface area contributed by atoms with Gasteiger partial charge < -0.3 is 5.73 Å². The van der Waals surface area contributed by atoms with Crippen LogP contribution < -0.4 is 5.73 Å². The van der Waals surface area contributed by atoms with Gasteiger partial charge in [0.25, 0.3) is 0 Å². The molecule has 1 atom stereocenters. The van der Waals surface area contributed by atoms with Gasteiger partial charge in [-0.15, -0.1) is 11.8 Å². The number of nitrogens with zero attached hydrogens (tertiary/aromatic N) is 1. The van der Waals surface area contributed by atoms with Gasteiger partial charge in [-0.2, -0.15) is 0 Å². The quantitative estimate of drug-likeness (QED) is 0.845. The second-order valence-electron chi connectivity index (χ2n) is 3.55. The summed E-state index contributed by atoms with van der Waals surface area (Å²) in [5, 5.41) is 0.0537. The fourth-order valence-electron chi connectivity index (χ4n) is 1.50. The van der Waals surface area contributed by atoms with Crippen LogP contribution in [0.3, 0.4) is 0 Å². The van der Waals surface area contributed by atoms with Crippen LogP contribution in [-0.4, -0.2) is 11.5 Å². The molecule has 1 unspecified atom stereocenters. The fraction of sp³-hybridized carbons (Fsp3) is 0.154. The molecule has 88 valence electrons. The fourth-order valence-corrected chi connectivity index (χ4v) is 2.52. The first kappa shape index (κ1) is 12.1. The summed E-state index contributed by atoms with van der Waals surface area (Å²) < 4.78 is 13.1. The van der Waals surface area contributed by atoms with Crippen molar-refractivity contribution in [2.24, 2.45) is 5.73 Å². The lowest BCUT2D eigenvalue weighted by atomic mass is 10.3. The second kappa shape index (κ2) is 5.80. The third-order valence-electron chi connectivity index (χ3n) is 2.31. The number of halogens is 1. The van der Waals surface area contributed by atoms with Gasteiger partial charge in [-0.3, -0.25) is 4.98 Å². The summed E-state index contributed by atoms with van der Waals surface area (Å²) in [5.41, 5.74) is 6.66. The van der Waals surface area contributed by atoms with Crippen molar-refractivity contribution in [3.8, 4) is 0 Å². The Hall–Kier alpha value is -1.39. The molecule has 0 saturated heterocycles. The molecule has 2 rings (SSSR count). The Labute approximate surface area is 104 Å². The molecule has 0 aliphatic heterocycles. The van der Waals surface area contributed by atoms with E-state index in [0.29, 0.717) is 6.54 Å². The van der Waals surface area contributed by atoms with Crippen LogP contribution in [0.15, 0.2) is 53.6 Å². The van der Waals surface area contributed by atoms with Crippen LogP contribution in [0.25, 0.3) is 0 Å². The van der Waals surface area contributed by atoms with E-state index in [-0.39, 0.29) is 11.1 Å². The van der Waals surface area contributed by atoms with Crippen molar-refractivity contribution in [2.75, 3.05) is 6.54 Å². The minimum atomic E-state index is -0.230. The number of rotatable bonds is 4. The number of aromatic nitrogens is 1. The van der Waals surface area contributed by atoms with Crippen molar-refractivity contribution in [3.05, 3.63) is 60.2 Å². The molecule has 2 N–H and O–H groups in total.